The predicted octanol–water partition coefficient (Wildman–Crippen LogP) is 3.48. The second kappa shape index (κ2) is 8.96. The van der Waals surface area contributed by atoms with E-state index in [0.29, 0.717) is 29.3 Å². The van der Waals surface area contributed by atoms with Crippen LogP contribution in [0.1, 0.15) is 29.8 Å². The summed E-state index contributed by atoms with van der Waals surface area (Å²) in [5, 5.41) is 8.48. The van der Waals surface area contributed by atoms with Crippen molar-refractivity contribution >= 4 is 40.5 Å². The Kier molecular flexibility index (Phi) is 6.68. The van der Waals surface area contributed by atoms with Crippen molar-refractivity contribution in [2.75, 3.05) is 17.2 Å². The maximum absolute atomic E-state index is 12.4. The number of hydrogen-bond acceptors (Lipinski definition) is 4. The predicted molar refractivity (Wildman–Crippen MR) is 107 cm³/mol. The van der Waals surface area contributed by atoms with Crippen molar-refractivity contribution in [1.29, 1.82) is 0 Å². The molecule has 3 N–H and O–H groups in total. The van der Waals surface area contributed by atoms with Crippen molar-refractivity contribution in [3.8, 4) is 5.75 Å². The van der Waals surface area contributed by atoms with Gasteiger partial charge in [0.1, 0.15) is 5.75 Å². The van der Waals surface area contributed by atoms with Crippen LogP contribution in [0.25, 0.3) is 0 Å². The lowest BCUT2D eigenvalue weighted by Crippen LogP contribution is -2.34. The number of carbonyl (C=O) groups is 2. The number of aryl methyl sites for hydroxylation is 1. The molecule has 0 saturated carbocycles. The Morgan fingerprint density at radius 2 is 1.85 bits per heavy atom. The highest BCUT2D eigenvalue weighted by molar-refractivity contribution is 7.80. The fourth-order valence-corrected chi connectivity index (χ4v) is 2.50. The van der Waals surface area contributed by atoms with Crippen molar-refractivity contribution in [2.24, 2.45) is 0 Å². The molecular weight excluding hydrogens is 350 g/mol. The summed E-state index contributed by atoms with van der Waals surface area (Å²) in [5.41, 5.74) is 2.66. The largest absolute Gasteiger partial charge is 0.493 e. The monoisotopic (exact) mass is 371 g/mol. The minimum Gasteiger partial charge on any atom is -0.493 e. The minimum absolute atomic E-state index is 0.152. The van der Waals surface area contributed by atoms with Crippen molar-refractivity contribution in [2.45, 2.75) is 20.8 Å². The first-order valence-corrected chi connectivity index (χ1v) is 8.54. The zero-order valence-corrected chi connectivity index (χ0v) is 15.7. The van der Waals surface area contributed by atoms with Gasteiger partial charge in [0.25, 0.3) is 5.91 Å². The van der Waals surface area contributed by atoms with Crippen LogP contribution in [-0.2, 0) is 4.79 Å². The van der Waals surface area contributed by atoms with Crippen molar-refractivity contribution in [3.63, 3.8) is 0 Å². The van der Waals surface area contributed by atoms with E-state index in [-0.39, 0.29) is 16.9 Å². The summed E-state index contributed by atoms with van der Waals surface area (Å²) < 4.78 is 5.46. The number of ether oxygens (including phenoxy) is 1. The van der Waals surface area contributed by atoms with Gasteiger partial charge in [-0.2, -0.15) is 0 Å². The normalized spacial score (nSPS) is 9.96. The van der Waals surface area contributed by atoms with Crippen LogP contribution in [0.3, 0.4) is 0 Å². The van der Waals surface area contributed by atoms with Crippen LogP contribution in [0, 0.1) is 6.92 Å². The molecule has 0 atom stereocenters. The molecule has 0 radical (unpaired) electrons. The van der Waals surface area contributed by atoms with Crippen LogP contribution < -0.4 is 20.7 Å². The fraction of sp³-hybridized carbons (Fsp3) is 0.211. The van der Waals surface area contributed by atoms with Gasteiger partial charge in [-0.1, -0.05) is 18.2 Å². The molecular formula is C19H21N3O3S. The number of carbonyl (C=O) groups excluding carboxylic acids is 2. The van der Waals surface area contributed by atoms with Gasteiger partial charge in [-0.05, 0) is 55.9 Å². The van der Waals surface area contributed by atoms with Crippen molar-refractivity contribution in [3.05, 3.63) is 53.6 Å². The van der Waals surface area contributed by atoms with Crippen LogP contribution in [0.2, 0.25) is 0 Å². The van der Waals surface area contributed by atoms with Gasteiger partial charge in [-0.25, -0.2) is 0 Å². The summed E-state index contributed by atoms with van der Waals surface area (Å²) in [5.74, 6) is -0.0204. The summed E-state index contributed by atoms with van der Waals surface area (Å²) in [6.45, 7) is 5.65. The van der Waals surface area contributed by atoms with Gasteiger partial charge in [0.2, 0.25) is 5.91 Å². The highest BCUT2D eigenvalue weighted by Crippen LogP contribution is 2.21. The lowest BCUT2D eigenvalue weighted by Gasteiger charge is -2.14. The van der Waals surface area contributed by atoms with Crippen LogP contribution in [0.5, 0.6) is 5.75 Å². The highest BCUT2D eigenvalue weighted by atomic mass is 32.1. The molecule has 0 unspecified atom stereocenters. The number of nitrogens with one attached hydrogen (secondary N) is 3. The molecule has 7 heteroatoms. The van der Waals surface area contributed by atoms with E-state index >= 15 is 0 Å². The van der Waals surface area contributed by atoms with Gasteiger partial charge < -0.3 is 15.4 Å². The lowest BCUT2D eigenvalue weighted by molar-refractivity contribution is -0.114. The molecule has 136 valence electrons. The van der Waals surface area contributed by atoms with E-state index < -0.39 is 0 Å². The van der Waals surface area contributed by atoms with Gasteiger partial charge in [-0.3, -0.25) is 14.9 Å². The summed E-state index contributed by atoms with van der Waals surface area (Å²) in [7, 11) is 0. The maximum Gasteiger partial charge on any atom is 0.261 e. The standard InChI is InChI=1S/C19H21N3O3S/c1-4-25-17-8-6-5-7-15(17)18(24)22-19(26)21-14-10-9-12(2)16(11-14)20-13(3)23/h5-11H,4H2,1-3H3,(H,20,23)(H2,21,22,24,26). The molecule has 0 aliphatic carbocycles. The number of para-hydroxylation sites is 1. The molecule has 6 nitrogen and oxygen atoms in total. The molecule has 0 spiro atoms. The van der Waals surface area contributed by atoms with Gasteiger partial charge in [0.05, 0.1) is 12.2 Å². The van der Waals surface area contributed by atoms with E-state index in [1.807, 2.05) is 26.0 Å². The number of benzene rings is 2. The molecule has 2 aromatic rings. The minimum atomic E-state index is -0.360. The molecule has 0 saturated heterocycles. The topological polar surface area (TPSA) is 79.5 Å². The SMILES string of the molecule is CCOc1ccccc1C(=O)NC(=S)Nc1ccc(C)c(NC(C)=O)c1. The Labute approximate surface area is 157 Å². The van der Waals surface area contributed by atoms with Gasteiger partial charge in [0, 0.05) is 18.3 Å². The Balaban J connectivity index is 2.07. The van der Waals surface area contributed by atoms with E-state index in [0.717, 1.165) is 5.56 Å². The zero-order valence-electron chi connectivity index (χ0n) is 14.9. The number of rotatable bonds is 5. The first-order chi connectivity index (χ1) is 12.4. The third-order valence-corrected chi connectivity index (χ3v) is 3.67. The fourth-order valence-electron chi connectivity index (χ4n) is 2.29. The molecule has 2 amide bonds. The third kappa shape index (κ3) is 5.29. The lowest BCUT2D eigenvalue weighted by atomic mass is 10.1. The second-order valence-electron chi connectivity index (χ2n) is 5.55. The molecule has 0 aromatic heterocycles. The average Bonchev–Trinajstić information content (AvgIpc) is 2.58. The van der Waals surface area contributed by atoms with Crippen LogP contribution in [0.15, 0.2) is 42.5 Å². The van der Waals surface area contributed by atoms with Crippen LogP contribution >= 0.6 is 12.2 Å². The number of amides is 2. The van der Waals surface area contributed by atoms with E-state index in [2.05, 4.69) is 16.0 Å². The Bertz CT molecular complexity index is 837. The van der Waals surface area contributed by atoms with E-state index in [9.17, 15) is 9.59 Å². The Morgan fingerprint density at radius 3 is 2.54 bits per heavy atom. The first kappa shape index (κ1) is 19.4. The summed E-state index contributed by atoms with van der Waals surface area (Å²) in [6, 6.07) is 12.4. The molecule has 26 heavy (non-hydrogen) atoms. The second-order valence-corrected chi connectivity index (χ2v) is 5.96. The highest BCUT2D eigenvalue weighted by Gasteiger charge is 2.13. The van der Waals surface area contributed by atoms with E-state index in [1.54, 1.807) is 30.3 Å². The first-order valence-electron chi connectivity index (χ1n) is 8.13. The number of hydrogen-bond donors (Lipinski definition) is 3. The number of thiocarbonyl (C=S) groups is 1. The molecule has 0 aliphatic heterocycles. The Hall–Kier alpha value is -2.93. The van der Waals surface area contributed by atoms with Gasteiger partial charge in [0.15, 0.2) is 5.11 Å². The summed E-state index contributed by atoms with van der Waals surface area (Å²) >= 11 is 5.21. The zero-order chi connectivity index (χ0) is 19.1. The number of anilines is 2. The van der Waals surface area contributed by atoms with Crippen LogP contribution in [0.4, 0.5) is 11.4 Å². The van der Waals surface area contributed by atoms with Crippen molar-refractivity contribution in [1.82, 2.24) is 5.32 Å². The van der Waals surface area contributed by atoms with E-state index in [4.69, 9.17) is 17.0 Å². The maximum atomic E-state index is 12.4. The van der Waals surface area contributed by atoms with Crippen LogP contribution in [-0.4, -0.2) is 23.5 Å². The third-order valence-electron chi connectivity index (χ3n) is 3.46. The smallest absolute Gasteiger partial charge is 0.261 e. The molecule has 0 aliphatic rings. The molecule has 0 heterocycles. The van der Waals surface area contributed by atoms with E-state index in [1.165, 1.54) is 6.92 Å². The quantitative estimate of drug-likeness (QED) is 0.701. The molecule has 2 aromatic carbocycles. The summed E-state index contributed by atoms with van der Waals surface area (Å²) in [4.78, 5) is 23.7. The molecule has 2 rings (SSSR count). The van der Waals surface area contributed by atoms with Gasteiger partial charge in [-0.15, -0.1) is 0 Å². The summed E-state index contributed by atoms with van der Waals surface area (Å²) in [6.07, 6.45) is 0. The van der Waals surface area contributed by atoms with Gasteiger partial charge >= 0.3 is 0 Å². The Morgan fingerprint density at radius 1 is 1.12 bits per heavy atom. The van der Waals surface area contributed by atoms with Crippen molar-refractivity contribution < 1.29 is 14.3 Å². The average molecular weight is 371 g/mol. The molecule has 0 fully saturated rings. The molecule has 0 bridgehead atoms.